The molecule has 1 aromatic carbocycles. The molecule has 1 saturated carbocycles. The van der Waals surface area contributed by atoms with Crippen molar-refractivity contribution in [2.75, 3.05) is 26.2 Å². The number of carboxylic acids is 3. The van der Waals surface area contributed by atoms with Crippen molar-refractivity contribution in [1.82, 2.24) is 19.8 Å². The Balaban J connectivity index is 0.000000277. The first-order valence-corrected chi connectivity index (χ1v) is 13.2. The molecule has 4 N–H and O–H groups in total. The summed E-state index contributed by atoms with van der Waals surface area (Å²) in [6, 6.07) is 10.7. The van der Waals surface area contributed by atoms with Gasteiger partial charge in [0.05, 0.1) is 17.4 Å². The van der Waals surface area contributed by atoms with Gasteiger partial charge in [0.1, 0.15) is 5.82 Å². The summed E-state index contributed by atoms with van der Waals surface area (Å²) in [6.07, 6.45) is -7.90. The van der Waals surface area contributed by atoms with Crippen LogP contribution in [0, 0.1) is 5.92 Å². The quantitative estimate of drug-likeness (QED) is 0.342. The molecule has 19 heteroatoms. The molecule has 0 radical (unpaired) electrons. The Morgan fingerprint density at radius 3 is 1.64 bits per heavy atom. The van der Waals surface area contributed by atoms with Crippen LogP contribution in [-0.4, -0.2) is 92.4 Å². The minimum absolute atomic E-state index is 0.0886. The van der Waals surface area contributed by atoms with Crippen molar-refractivity contribution in [3.05, 3.63) is 42.4 Å². The van der Waals surface area contributed by atoms with Gasteiger partial charge in [-0.25, -0.2) is 19.4 Å². The first kappa shape index (κ1) is 37.3. The predicted molar refractivity (Wildman–Crippen MR) is 137 cm³/mol. The van der Waals surface area contributed by atoms with Gasteiger partial charge in [-0.2, -0.15) is 39.5 Å². The molecule has 0 amide bonds. The Morgan fingerprint density at radius 2 is 1.24 bits per heavy atom. The van der Waals surface area contributed by atoms with Crippen LogP contribution in [0.4, 0.5) is 39.5 Å². The number of alkyl halides is 9. The van der Waals surface area contributed by atoms with E-state index in [2.05, 4.69) is 51.3 Å². The molecule has 252 valence electrons. The average molecular weight is 665 g/mol. The van der Waals surface area contributed by atoms with E-state index in [1.807, 2.05) is 0 Å². The number of nitrogens with one attached hydrogen (secondary N) is 1. The van der Waals surface area contributed by atoms with Crippen LogP contribution in [0.3, 0.4) is 0 Å². The number of fused-ring (bicyclic) bond motifs is 2. The molecular weight excluding hydrogens is 635 g/mol. The number of halogens is 9. The van der Waals surface area contributed by atoms with E-state index >= 15 is 0 Å². The molecule has 0 bridgehead atoms. The lowest BCUT2D eigenvalue weighted by atomic mass is 9.85. The van der Waals surface area contributed by atoms with Gasteiger partial charge in [-0.3, -0.25) is 0 Å². The number of piperidine rings is 1. The minimum atomic E-state index is -5.08. The summed E-state index contributed by atoms with van der Waals surface area (Å²) < 4.78 is 97.7. The molecular formula is C26H29F9N4O6. The van der Waals surface area contributed by atoms with Crippen LogP contribution >= 0.6 is 0 Å². The summed E-state index contributed by atoms with van der Waals surface area (Å²) in [5.41, 5.74) is 2.64. The molecule has 2 fully saturated rings. The van der Waals surface area contributed by atoms with Gasteiger partial charge >= 0.3 is 36.4 Å². The maximum atomic E-state index is 10.6. The van der Waals surface area contributed by atoms with Gasteiger partial charge in [0.15, 0.2) is 0 Å². The number of carboxylic acid groups (broad SMARTS) is 3. The molecule has 1 aromatic heterocycles. The van der Waals surface area contributed by atoms with Crippen molar-refractivity contribution in [3.8, 4) is 11.3 Å². The van der Waals surface area contributed by atoms with E-state index in [0.29, 0.717) is 0 Å². The fourth-order valence-electron chi connectivity index (χ4n) is 4.49. The lowest BCUT2D eigenvalue weighted by Crippen LogP contribution is -2.55. The molecule has 10 nitrogen and oxygen atoms in total. The normalized spacial score (nSPS) is 17.7. The van der Waals surface area contributed by atoms with Crippen LogP contribution in [-0.2, 0) is 26.5 Å². The molecule has 2 aromatic rings. The fourth-order valence-corrected chi connectivity index (χ4v) is 4.49. The lowest BCUT2D eigenvalue weighted by Gasteiger charge is -2.44. The maximum absolute atomic E-state index is 10.6. The minimum Gasteiger partial charge on any atom is -0.475 e. The van der Waals surface area contributed by atoms with E-state index in [0.717, 1.165) is 19.0 Å². The summed E-state index contributed by atoms with van der Waals surface area (Å²) in [4.78, 5) is 34.2. The van der Waals surface area contributed by atoms with Gasteiger partial charge in [0.2, 0.25) is 0 Å². The van der Waals surface area contributed by atoms with Crippen molar-refractivity contribution in [1.29, 1.82) is 0 Å². The fraction of sp³-hybridized carbons (Fsp3) is 0.538. The number of benzene rings is 1. The Hall–Kier alpha value is -3.87. The molecule has 5 rings (SSSR count). The van der Waals surface area contributed by atoms with Gasteiger partial charge in [-0.1, -0.05) is 30.3 Å². The van der Waals surface area contributed by atoms with Crippen LogP contribution in [0.2, 0.25) is 0 Å². The number of aromatic nitrogens is 2. The molecule has 0 unspecified atom stereocenters. The van der Waals surface area contributed by atoms with E-state index in [9.17, 15) is 39.5 Å². The number of likely N-dealkylation sites (tertiary alicyclic amines) is 1. The lowest BCUT2D eigenvalue weighted by molar-refractivity contribution is -0.193. The third kappa shape index (κ3) is 11.5. The molecule has 3 aliphatic rings. The zero-order chi connectivity index (χ0) is 34.2. The van der Waals surface area contributed by atoms with Crippen LogP contribution in [0.1, 0.15) is 31.5 Å². The number of aliphatic carboxylic acids is 3. The van der Waals surface area contributed by atoms with Gasteiger partial charge in [-0.15, -0.1) is 0 Å². The number of hydrogen-bond donors (Lipinski definition) is 4. The Labute approximate surface area is 249 Å². The topological polar surface area (TPSA) is 145 Å². The van der Waals surface area contributed by atoms with Crippen LogP contribution < -0.4 is 5.32 Å². The molecule has 45 heavy (non-hydrogen) atoms. The Bertz CT molecular complexity index is 1230. The van der Waals surface area contributed by atoms with Gasteiger partial charge in [0.25, 0.3) is 0 Å². The van der Waals surface area contributed by atoms with Crippen molar-refractivity contribution >= 4 is 17.9 Å². The third-order valence-corrected chi connectivity index (χ3v) is 6.80. The largest absolute Gasteiger partial charge is 0.490 e. The van der Waals surface area contributed by atoms with Crippen LogP contribution in [0.25, 0.3) is 11.3 Å². The smallest absolute Gasteiger partial charge is 0.475 e. The molecule has 0 atom stereocenters. The predicted octanol–water partition coefficient (Wildman–Crippen LogP) is 4.75. The van der Waals surface area contributed by atoms with Crippen molar-refractivity contribution in [2.45, 2.75) is 56.3 Å². The molecule has 3 heterocycles. The number of hydrogen-bond acceptors (Lipinski definition) is 6. The highest BCUT2D eigenvalue weighted by Crippen LogP contribution is 2.38. The zero-order valence-corrected chi connectivity index (χ0v) is 23.2. The summed E-state index contributed by atoms with van der Waals surface area (Å²) in [6.45, 7) is 5.80. The van der Waals surface area contributed by atoms with E-state index in [1.165, 1.54) is 62.4 Å². The van der Waals surface area contributed by atoms with E-state index in [-0.39, 0.29) is 5.54 Å². The number of carbonyl (C=O) groups is 3. The highest BCUT2D eigenvalue weighted by molar-refractivity contribution is 5.73. The monoisotopic (exact) mass is 664 g/mol. The van der Waals surface area contributed by atoms with E-state index in [1.54, 1.807) is 0 Å². The van der Waals surface area contributed by atoms with E-state index in [4.69, 9.17) is 34.7 Å². The molecule has 1 aliphatic carbocycles. The zero-order valence-electron chi connectivity index (χ0n) is 23.2. The van der Waals surface area contributed by atoms with Crippen LogP contribution in [0.5, 0.6) is 0 Å². The summed E-state index contributed by atoms with van der Waals surface area (Å²) in [5, 5.41) is 25.2. The standard InChI is InChI=1S/C20H26N4.3C2HF3O2/c1-2-4-17(5-3-1)18-14-21-19-20(22-10-13-24(18)19)8-11-23(12-9-20)15-16-6-7-16;3*3-2(4,5)1(6)7/h1-5,14,16,22H,6-13,15H2;3*(H,6,7). The molecule has 1 spiro atoms. The number of imidazole rings is 1. The van der Waals surface area contributed by atoms with Crippen molar-refractivity contribution in [3.63, 3.8) is 0 Å². The highest BCUT2D eigenvalue weighted by atomic mass is 19.4. The van der Waals surface area contributed by atoms with Gasteiger partial charge < -0.3 is 30.1 Å². The molecule has 1 saturated heterocycles. The summed E-state index contributed by atoms with van der Waals surface area (Å²) in [7, 11) is 0. The Kier molecular flexibility index (Phi) is 12.4. The van der Waals surface area contributed by atoms with Crippen molar-refractivity contribution < 1.29 is 69.2 Å². The number of nitrogens with zero attached hydrogens (tertiary/aromatic N) is 3. The highest BCUT2D eigenvalue weighted by Gasteiger charge is 2.43. The Morgan fingerprint density at radius 1 is 0.800 bits per heavy atom. The van der Waals surface area contributed by atoms with E-state index < -0.39 is 36.4 Å². The second-order valence-corrected chi connectivity index (χ2v) is 10.1. The second-order valence-electron chi connectivity index (χ2n) is 10.1. The second kappa shape index (κ2) is 14.9. The first-order chi connectivity index (χ1) is 20.7. The third-order valence-electron chi connectivity index (χ3n) is 6.80. The van der Waals surface area contributed by atoms with Crippen LogP contribution in [0.15, 0.2) is 36.5 Å². The van der Waals surface area contributed by atoms with Crippen molar-refractivity contribution in [2.24, 2.45) is 5.92 Å². The SMILES string of the molecule is O=C(O)C(F)(F)F.O=C(O)C(F)(F)F.O=C(O)C(F)(F)F.c1ccc(-c2cnc3n2CCNC32CCN(CC3CC3)CC2)cc1. The maximum Gasteiger partial charge on any atom is 0.490 e. The summed E-state index contributed by atoms with van der Waals surface area (Å²) >= 11 is 0. The molecule has 2 aliphatic heterocycles. The summed E-state index contributed by atoms with van der Waals surface area (Å²) in [5.74, 6) is -6.02. The number of rotatable bonds is 3. The average Bonchev–Trinajstić information content (AvgIpc) is 3.64. The van der Waals surface area contributed by atoms with Gasteiger partial charge in [-0.05, 0) is 37.2 Å². The van der Waals surface area contributed by atoms with Gasteiger partial charge in [0, 0.05) is 32.7 Å². The first-order valence-electron chi connectivity index (χ1n) is 13.2.